The summed E-state index contributed by atoms with van der Waals surface area (Å²) in [6.07, 6.45) is 4.51. The molecule has 100 valence electrons. The molecule has 1 fully saturated rings. The Balaban J connectivity index is 0.00000256. The van der Waals surface area contributed by atoms with E-state index >= 15 is 0 Å². The Morgan fingerprint density at radius 2 is 2.29 bits per heavy atom. The molecule has 5 heteroatoms. The molecule has 4 nitrogen and oxygen atoms in total. The Bertz CT molecular complexity index is 242. The molecule has 0 amide bonds. The smallest absolute Gasteiger partial charge is 0.193 e. The van der Waals surface area contributed by atoms with Crippen molar-refractivity contribution in [2.75, 3.05) is 40.4 Å². The maximum Gasteiger partial charge on any atom is 0.193 e. The molecule has 0 radical (unpaired) electrons. The molecule has 1 saturated carbocycles. The molecule has 0 heterocycles. The van der Waals surface area contributed by atoms with Gasteiger partial charge in [-0.05, 0) is 18.8 Å². The first kappa shape index (κ1) is 16.7. The third-order valence-electron chi connectivity index (χ3n) is 2.60. The average molecular weight is 353 g/mol. The Labute approximate surface area is 122 Å². The van der Waals surface area contributed by atoms with Gasteiger partial charge in [-0.2, -0.15) is 0 Å². The molecule has 0 aromatic carbocycles. The highest BCUT2D eigenvalue weighted by Gasteiger charge is 2.21. The summed E-state index contributed by atoms with van der Waals surface area (Å²) in [5.74, 6) is 1.72. The van der Waals surface area contributed by atoms with E-state index in [2.05, 4.69) is 21.8 Å². The van der Waals surface area contributed by atoms with Gasteiger partial charge in [0.1, 0.15) is 0 Å². The zero-order valence-electron chi connectivity index (χ0n) is 10.8. The van der Waals surface area contributed by atoms with Gasteiger partial charge >= 0.3 is 0 Å². The second-order valence-electron chi connectivity index (χ2n) is 4.16. The minimum Gasteiger partial charge on any atom is -0.379 e. The van der Waals surface area contributed by atoms with E-state index in [-0.39, 0.29) is 24.0 Å². The second-order valence-corrected chi connectivity index (χ2v) is 4.16. The van der Waals surface area contributed by atoms with Gasteiger partial charge in [-0.15, -0.1) is 30.6 Å². The van der Waals surface area contributed by atoms with E-state index in [1.807, 2.05) is 13.1 Å². The third kappa shape index (κ3) is 7.59. The molecule has 0 unspecified atom stereocenters. The highest BCUT2D eigenvalue weighted by molar-refractivity contribution is 14.0. The summed E-state index contributed by atoms with van der Waals surface area (Å²) in [6.45, 7) is 6.96. The molecule has 1 aliphatic rings. The molecule has 0 bridgehead atoms. The Morgan fingerprint density at radius 3 is 2.82 bits per heavy atom. The van der Waals surface area contributed by atoms with Gasteiger partial charge in [-0.3, -0.25) is 4.99 Å². The lowest BCUT2D eigenvalue weighted by Crippen LogP contribution is -2.40. The lowest BCUT2D eigenvalue weighted by atomic mass is 10.5. The van der Waals surface area contributed by atoms with Gasteiger partial charge in [-0.25, -0.2) is 0 Å². The summed E-state index contributed by atoms with van der Waals surface area (Å²) in [6, 6.07) is 0. The topological polar surface area (TPSA) is 36.9 Å². The third-order valence-corrected chi connectivity index (χ3v) is 2.60. The molecule has 1 rings (SSSR count). The summed E-state index contributed by atoms with van der Waals surface area (Å²) in [4.78, 5) is 6.25. The first-order valence-corrected chi connectivity index (χ1v) is 5.88. The summed E-state index contributed by atoms with van der Waals surface area (Å²) in [7, 11) is 3.80. The van der Waals surface area contributed by atoms with Gasteiger partial charge in [0.2, 0.25) is 0 Å². The predicted molar refractivity (Wildman–Crippen MR) is 83.1 cm³/mol. The maximum absolute atomic E-state index is 5.58. The van der Waals surface area contributed by atoms with Crippen LogP contribution in [0.25, 0.3) is 0 Å². The standard InChI is InChI=1S/C12H23N3O.HI/c1-4-7-14-12(13-2)15(3)8-9-16-10-11-5-6-11;/h4,11H,1,5-10H2,2-3H3,(H,13,14);1H. The number of nitrogens with zero attached hydrogens (tertiary/aromatic N) is 2. The van der Waals surface area contributed by atoms with Crippen LogP contribution in [0.1, 0.15) is 12.8 Å². The zero-order chi connectivity index (χ0) is 11.8. The lowest BCUT2D eigenvalue weighted by molar-refractivity contribution is 0.115. The molecule has 0 atom stereocenters. The first-order chi connectivity index (χ1) is 7.77. The molecule has 1 aliphatic carbocycles. The number of guanidine groups is 1. The number of likely N-dealkylation sites (N-methyl/N-ethyl adjacent to an activating group) is 1. The van der Waals surface area contributed by atoms with Crippen LogP contribution in [0.3, 0.4) is 0 Å². The molecule has 0 spiro atoms. The van der Waals surface area contributed by atoms with Crippen molar-refractivity contribution >= 4 is 29.9 Å². The quantitative estimate of drug-likeness (QED) is 0.249. The minimum absolute atomic E-state index is 0. The number of rotatable bonds is 7. The second kappa shape index (κ2) is 9.70. The maximum atomic E-state index is 5.58. The van der Waals surface area contributed by atoms with Gasteiger partial charge in [0.25, 0.3) is 0 Å². The van der Waals surface area contributed by atoms with Crippen molar-refractivity contribution in [1.29, 1.82) is 0 Å². The van der Waals surface area contributed by atoms with E-state index in [9.17, 15) is 0 Å². The fourth-order valence-corrected chi connectivity index (χ4v) is 1.39. The molecule has 17 heavy (non-hydrogen) atoms. The molecule has 0 aromatic rings. The van der Waals surface area contributed by atoms with Crippen LogP contribution < -0.4 is 5.32 Å². The fourth-order valence-electron chi connectivity index (χ4n) is 1.39. The number of hydrogen-bond donors (Lipinski definition) is 1. The Kier molecular flexibility index (Phi) is 9.53. The number of hydrogen-bond acceptors (Lipinski definition) is 2. The number of nitrogens with one attached hydrogen (secondary N) is 1. The van der Waals surface area contributed by atoms with Crippen molar-refractivity contribution in [3.05, 3.63) is 12.7 Å². The van der Waals surface area contributed by atoms with E-state index in [1.165, 1.54) is 12.8 Å². The van der Waals surface area contributed by atoms with Gasteiger partial charge in [0.05, 0.1) is 6.61 Å². The average Bonchev–Trinajstić information content (AvgIpc) is 3.09. The summed E-state index contributed by atoms with van der Waals surface area (Å²) < 4.78 is 5.58. The van der Waals surface area contributed by atoms with Crippen molar-refractivity contribution < 1.29 is 4.74 Å². The van der Waals surface area contributed by atoms with Crippen molar-refractivity contribution in [2.24, 2.45) is 10.9 Å². The van der Waals surface area contributed by atoms with Crippen LogP contribution in [0.2, 0.25) is 0 Å². The van der Waals surface area contributed by atoms with Crippen molar-refractivity contribution in [1.82, 2.24) is 10.2 Å². The predicted octanol–water partition coefficient (Wildman–Crippen LogP) is 1.72. The van der Waals surface area contributed by atoms with Crippen LogP contribution in [0.5, 0.6) is 0 Å². The molecular formula is C12H24IN3O. The first-order valence-electron chi connectivity index (χ1n) is 5.88. The Hall–Kier alpha value is -0.300. The molecule has 1 N–H and O–H groups in total. The largest absolute Gasteiger partial charge is 0.379 e. The van der Waals surface area contributed by atoms with E-state index in [4.69, 9.17) is 4.74 Å². The normalized spacial score (nSPS) is 15.1. The van der Waals surface area contributed by atoms with E-state index < -0.39 is 0 Å². The summed E-state index contributed by atoms with van der Waals surface area (Å²) in [5.41, 5.74) is 0. The van der Waals surface area contributed by atoms with Crippen LogP contribution in [-0.2, 0) is 4.74 Å². The van der Waals surface area contributed by atoms with Crippen molar-refractivity contribution in [2.45, 2.75) is 12.8 Å². The zero-order valence-corrected chi connectivity index (χ0v) is 13.1. The highest BCUT2D eigenvalue weighted by atomic mass is 127. The SMILES string of the molecule is C=CCNC(=NC)N(C)CCOCC1CC1.I. The van der Waals surface area contributed by atoms with Gasteiger partial charge in [0, 0.05) is 33.8 Å². The number of ether oxygens (including phenoxy) is 1. The van der Waals surface area contributed by atoms with E-state index in [1.54, 1.807) is 7.05 Å². The van der Waals surface area contributed by atoms with Crippen LogP contribution in [-0.4, -0.2) is 51.3 Å². The summed E-state index contributed by atoms with van der Waals surface area (Å²) in [5, 5.41) is 3.18. The summed E-state index contributed by atoms with van der Waals surface area (Å²) >= 11 is 0. The molecule has 0 aliphatic heterocycles. The molecule has 0 aromatic heterocycles. The van der Waals surface area contributed by atoms with Gasteiger partial charge in [0.15, 0.2) is 5.96 Å². The monoisotopic (exact) mass is 353 g/mol. The minimum atomic E-state index is 0. The number of aliphatic imine (C=N–C) groups is 1. The van der Waals surface area contributed by atoms with Crippen LogP contribution in [0, 0.1) is 5.92 Å². The van der Waals surface area contributed by atoms with Gasteiger partial charge < -0.3 is 15.0 Å². The van der Waals surface area contributed by atoms with E-state index in [0.29, 0.717) is 0 Å². The fraction of sp³-hybridized carbons (Fsp3) is 0.750. The lowest BCUT2D eigenvalue weighted by Gasteiger charge is -2.21. The molecular weight excluding hydrogens is 329 g/mol. The van der Waals surface area contributed by atoms with Crippen LogP contribution in [0.15, 0.2) is 17.6 Å². The van der Waals surface area contributed by atoms with Crippen molar-refractivity contribution in [3.63, 3.8) is 0 Å². The van der Waals surface area contributed by atoms with E-state index in [0.717, 1.165) is 38.2 Å². The molecule has 0 saturated heterocycles. The number of halogens is 1. The highest BCUT2D eigenvalue weighted by Crippen LogP contribution is 2.28. The van der Waals surface area contributed by atoms with Crippen molar-refractivity contribution in [3.8, 4) is 0 Å². The van der Waals surface area contributed by atoms with Crippen LogP contribution >= 0.6 is 24.0 Å². The Morgan fingerprint density at radius 1 is 1.59 bits per heavy atom. The van der Waals surface area contributed by atoms with Crippen LogP contribution in [0.4, 0.5) is 0 Å². The van der Waals surface area contributed by atoms with Gasteiger partial charge in [-0.1, -0.05) is 6.08 Å².